The number of hydrogen-bond donors (Lipinski definition) is 1. The molecule has 0 saturated carbocycles. The van der Waals surface area contributed by atoms with Crippen LogP contribution in [0.4, 0.5) is 10.3 Å². The highest BCUT2D eigenvalue weighted by Crippen LogP contribution is 2.21. The zero-order valence-corrected chi connectivity index (χ0v) is 10.7. The number of nitrogens with zero attached hydrogens (tertiary/aromatic N) is 4. The molecule has 0 spiro atoms. The quantitative estimate of drug-likeness (QED) is 0.789. The molecule has 0 aliphatic rings. The monoisotopic (exact) mass is 273 g/mol. The van der Waals surface area contributed by atoms with Crippen molar-refractivity contribution in [2.24, 2.45) is 0 Å². The van der Waals surface area contributed by atoms with E-state index in [1.807, 2.05) is 6.92 Å². The molecule has 3 aromatic rings. The number of anilines is 1. The summed E-state index contributed by atoms with van der Waals surface area (Å²) < 4.78 is 20.1. The lowest BCUT2D eigenvalue weighted by Gasteiger charge is -2.15. The lowest BCUT2D eigenvalue weighted by molar-refractivity contribution is 0.218. The Kier molecular flexibility index (Phi) is 2.94. The molecular weight excluding hydrogens is 261 g/mol. The minimum Gasteiger partial charge on any atom is -0.484 e. The van der Waals surface area contributed by atoms with Crippen LogP contribution in [0, 0.1) is 5.82 Å². The molecule has 20 heavy (non-hydrogen) atoms. The summed E-state index contributed by atoms with van der Waals surface area (Å²) in [5, 5.41) is 4.07. The number of fused-ring (bicyclic) bond motifs is 1. The van der Waals surface area contributed by atoms with Crippen LogP contribution in [0.3, 0.4) is 0 Å². The Morgan fingerprint density at radius 2 is 2.00 bits per heavy atom. The van der Waals surface area contributed by atoms with Gasteiger partial charge in [-0.15, -0.1) is 5.10 Å². The zero-order valence-electron chi connectivity index (χ0n) is 10.7. The van der Waals surface area contributed by atoms with Gasteiger partial charge in [0.1, 0.15) is 17.7 Å². The molecule has 1 aromatic carbocycles. The summed E-state index contributed by atoms with van der Waals surface area (Å²) >= 11 is 0. The summed E-state index contributed by atoms with van der Waals surface area (Å²) in [7, 11) is 0. The first-order chi connectivity index (χ1) is 9.63. The van der Waals surface area contributed by atoms with Gasteiger partial charge < -0.3 is 10.5 Å². The molecule has 6 nitrogen and oxygen atoms in total. The number of halogens is 1. The van der Waals surface area contributed by atoms with Crippen LogP contribution < -0.4 is 10.5 Å². The fourth-order valence-electron chi connectivity index (χ4n) is 1.91. The van der Waals surface area contributed by atoms with Gasteiger partial charge in [-0.2, -0.15) is 9.50 Å². The average molecular weight is 273 g/mol. The van der Waals surface area contributed by atoms with E-state index in [0.29, 0.717) is 11.5 Å². The third-order valence-corrected chi connectivity index (χ3v) is 2.83. The largest absolute Gasteiger partial charge is 0.484 e. The first-order valence-electron chi connectivity index (χ1n) is 6.03. The van der Waals surface area contributed by atoms with E-state index in [1.54, 1.807) is 24.4 Å². The number of nitrogens with two attached hydrogens (primary N) is 1. The first kappa shape index (κ1) is 12.3. The van der Waals surface area contributed by atoms with E-state index in [9.17, 15) is 4.39 Å². The van der Waals surface area contributed by atoms with Crippen molar-refractivity contribution in [1.29, 1.82) is 0 Å². The number of ether oxygens (including phenoxy) is 1. The van der Waals surface area contributed by atoms with Crippen LogP contribution in [0.2, 0.25) is 0 Å². The lowest BCUT2D eigenvalue weighted by Crippen LogP contribution is -2.10. The highest BCUT2D eigenvalue weighted by Gasteiger charge is 2.14. The molecule has 102 valence electrons. The molecule has 0 radical (unpaired) electrons. The van der Waals surface area contributed by atoms with Crippen molar-refractivity contribution in [1.82, 2.24) is 19.6 Å². The summed E-state index contributed by atoms with van der Waals surface area (Å²) in [6, 6.07) is 7.60. The van der Waals surface area contributed by atoms with Crippen molar-refractivity contribution in [2.45, 2.75) is 13.0 Å². The standard InChI is InChI=1S/C13H12FN5O/c1-8(20-10-4-2-9(14)3-5-10)11-6-7-16-13-17-12(15)18-19(11)13/h2-8H,1H3,(H2,15,18). The first-order valence-corrected chi connectivity index (χ1v) is 6.03. The second-order valence-electron chi connectivity index (χ2n) is 4.27. The second-order valence-corrected chi connectivity index (χ2v) is 4.27. The molecule has 2 aromatic heterocycles. The van der Waals surface area contributed by atoms with Gasteiger partial charge in [0.05, 0.1) is 5.69 Å². The SMILES string of the molecule is CC(Oc1ccc(F)cc1)c1ccnc2nc(N)nn12. The highest BCUT2D eigenvalue weighted by atomic mass is 19.1. The molecule has 0 saturated heterocycles. The van der Waals surface area contributed by atoms with Crippen LogP contribution in [0.1, 0.15) is 18.7 Å². The van der Waals surface area contributed by atoms with E-state index in [0.717, 1.165) is 5.69 Å². The molecular formula is C13H12FN5O. The molecule has 2 heterocycles. The van der Waals surface area contributed by atoms with Gasteiger partial charge in [0, 0.05) is 6.20 Å². The van der Waals surface area contributed by atoms with Gasteiger partial charge in [-0.3, -0.25) is 0 Å². The number of aromatic nitrogens is 4. The topological polar surface area (TPSA) is 78.3 Å². The predicted molar refractivity (Wildman–Crippen MR) is 70.6 cm³/mol. The van der Waals surface area contributed by atoms with Crippen LogP contribution in [0.15, 0.2) is 36.5 Å². The van der Waals surface area contributed by atoms with Crippen molar-refractivity contribution in [2.75, 3.05) is 5.73 Å². The lowest BCUT2D eigenvalue weighted by atomic mass is 10.2. The summed E-state index contributed by atoms with van der Waals surface area (Å²) in [5.74, 6) is 0.825. The van der Waals surface area contributed by atoms with Crippen molar-refractivity contribution >= 4 is 11.7 Å². The van der Waals surface area contributed by atoms with Crippen molar-refractivity contribution in [3.05, 3.63) is 48.0 Å². The Morgan fingerprint density at radius 3 is 2.75 bits per heavy atom. The molecule has 0 amide bonds. The maximum atomic E-state index is 12.9. The second kappa shape index (κ2) is 4.76. The van der Waals surface area contributed by atoms with Gasteiger partial charge in [-0.25, -0.2) is 9.37 Å². The summed E-state index contributed by atoms with van der Waals surface area (Å²) in [6.45, 7) is 1.86. The Labute approximate surface area is 114 Å². The van der Waals surface area contributed by atoms with E-state index in [1.165, 1.54) is 16.6 Å². The fourth-order valence-corrected chi connectivity index (χ4v) is 1.91. The summed E-state index contributed by atoms with van der Waals surface area (Å²) in [5.41, 5.74) is 6.32. The fraction of sp³-hybridized carbons (Fsp3) is 0.154. The van der Waals surface area contributed by atoms with Crippen molar-refractivity contribution in [3.8, 4) is 5.75 Å². The van der Waals surface area contributed by atoms with Gasteiger partial charge in [0.25, 0.3) is 5.78 Å². The van der Waals surface area contributed by atoms with Crippen LogP contribution in [-0.4, -0.2) is 19.6 Å². The smallest absolute Gasteiger partial charge is 0.254 e. The highest BCUT2D eigenvalue weighted by molar-refractivity contribution is 5.35. The van der Waals surface area contributed by atoms with Crippen LogP contribution >= 0.6 is 0 Å². The predicted octanol–water partition coefficient (Wildman–Crippen LogP) is 1.99. The molecule has 7 heteroatoms. The molecule has 2 N–H and O–H groups in total. The minimum atomic E-state index is -0.313. The third kappa shape index (κ3) is 2.25. The third-order valence-electron chi connectivity index (χ3n) is 2.83. The molecule has 3 rings (SSSR count). The molecule has 0 fully saturated rings. The van der Waals surface area contributed by atoms with E-state index in [2.05, 4.69) is 15.1 Å². The molecule has 0 bridgehead atoms. The normalized spacial score (nSPS) is 12.5. The van der Waals surface area contributed by atoms with Gasteiger partial charge in [-0.1, -0.05) is 0 Å². The zero-order chi connectivity index (χ0) is 14.1. The van der Waals surface area contributed by atoms with Gasteiger partial charge in [-0.05, 0) is 37.3 Å². The van der Waals surface area contributed by atoms with Crippen LogP contribution in [0.25, 0.3) is 5.78 Å². The van der Waals surface area contributed by atoms with Gasteiger partial charge in [0.2, 0.25) is 5.95 Å². The van der Waals surface area contributed by atoms with Crippen molar-refractivity contribution < 1.29 is 9.13 Å². The Bertz CT molecular complexity index is 740. The van der Waals surface area contributed by atoms with Crippen LogP contribution in [0.5, 0.6) is 5.75 Å². The van der Waals surface area contributed by atoms with Crippen LogP contribution in [-0.2, 0) is 0 Å². The summed E-state index contributed by atoms with van der Waals surface area (Å²) in [6.07, 6.45) is 1.30. The van der Waals surface area contributed by atoms with E-state index >= 15 is 0 Å². The van der Waals surface area contributed by atoms with E-state index in [4.69, 9.17) is 10.5 Å². The Hall–Kier alpha value is -2.70. The number of rotatable bonds is 3. The molecule has 0 aliphatic carbocycles. The Balaban J connectivity index is 1.92. The average Bonchev–Trinajstić information content (AvgIpc) is 2.81. The minimum absolute atomic E-state index is 0.152. The summed E-state index contributed by atoms with van der Waals surface area (Å²) in [4.78, 5) is 8.06. The molecule has 1 atom stereocenters. The maximum Gasteiger partial charge on any atom is 0.254 e. The van der Waals surface area contributed by atoms with E-state index < -0.39 is 0 Å². The number of benzene rings is 1. The number of hydrogen-bond acceptors (Lipinski definition) is 5. The molecule has 1 unspecified atom stereocenters. The molecule has 0 aliphatic heterocycles. The van der Waals surface area contributed by atoms with Gasteiger partial charge in [0.15, 0.2) is 0 Å². The Morgan fingerprint density at radius 1 is 1.25 bits per heavy atom. The van der Waals surface area contributed by atoms with Gasteiger partial charge >= 0.3 is 0 Å². The maximum absolute atomic E-state index is 12.9. The van der Waals surface area contributed by atoms with Crippen molar-refractivity contribution in [3.63, 3.8) is 0 Å². The van der Waals surface area contributed by atoms with E-state index in [-0.39, 0.29) is 17.9 Å². The number of nitrogen functional groups attached to an aromatic ring is 1.